The molecule has 0 saturated heterocycles. The summed E-state index contributed by atoms with van der Waals surface area (Å²) in [4.78, 5) is 32.6. The number of alkyl halides is 2. The van der Waals surface area contributed by atoms with Crippen molar-refractivity contribution in [2.45, 2.75) is 6.61 Å². The topological polar surface area (TPSA) is 122 Å². The van der Waals surface area contributed by atoms with Crippen molar-refractivity contribution < 1.29 is 32.9 Å². The maximum atomic E-state index is 12.4. The molecule has 2 aromatic rings. The molecule has 0 N–H and O–H groups in total. The van der Waals surface area contributed by atoms with Crippen LogP contribution in [0.4, 0.5) is 20.2 Å². The second-order valence-electron chi connectivity index (χ2n) is 5.20. The van der Waals surface area contributed by atoms with Gasteiger partial charge in [-0.3, -0.25) is 25.0 Å². The van der Waals surface area contributed by atoms with Gasteiger partial charge in [-0.05, 0) is 30.4 Å². The van der Waals surface area contributed by atoms with Gasteiger partial charge in [0, 0.05) is 17.7 Å². The summed E-state index contributed by atoms with van der Waals surface area (Å²) in [6, 6.07) is 6.60. The first kappa shape index (κ1) is 20.4. The zero-order valence-electron chi connectivity index (χ0n) is 14.2. The predicted molar refractivity (Wildman–Crippen MR) is 92.7 cm³/mol. The van der Waals surface area contributed by atoms with Crippen molar-refractivity contribution in [2.75, 3.05) is 7.11 Å². The molecule has 0 heterocycles. The van der Waals surface area contributed by atoms with Gasteiger partial charge >= 0.3 is 6.61 Å². The van der Waals surface area contributed by atoms with Crippen LogP contribution in [0.25, 0.3) is 6.08 Å². The van der Waals surface area contributed by atoms with Crippen molar-refractivity contribution >= 4 is 23.2 Å². The number of rotatable bonds is 8. The molecule has 0 unspecified atom stereocenters. The molecule has 2 rings (SSSR count). The highest BCUT2D eigenvalue weighted by atomic mass is 19.3. The van der Waals surface area contributed by atoms with Crippen LogP contribution in [0.15, 0.2) is 42.5 Å². The standard InChI is InChI=1S/C17H12F2N2O7/c1-27-15-8-11(13(21(25)26)9-16(15)28-17(18)19)4-7-14(22)10-2-5-12(6-3-10)20(23)24/h2-9,17H,1H3/b7-4+. The quantitative estimate of drug-likeness (QED) is 0.287. The third-order valence-corrected chi connectivity index (χ3v) is 3.50. The lowest BCUT2D eigenvalue weighted by atomic mass is 10.1. The van der Waals surface area contributed by atoms with Crippen molar-refractivity contribution in [3.05, 3.63) is 73.8 Å². The lowest BCUT2D eigenvalue weighted by molar-refractivity contribution is -0.385. The van der Waals surface area contributed by atoms with Crippen LogP contribution in [0.2, 0.25) is 0 Å². The monoisotopic (exact) mass is 394 g/mol. The zero-order chi connectivity index (χ0) is 20.8. The number of non-ortho nitro benzene ring substituents is 1. The number of ether oxygens (including phenoxy) is 2. The van der Waals surface area contributed by atoms with Crippen LogP contribution in [0.1, 0.15) is 15.9 Å². The van der Waals surface area contributed by atoms with Crippen molar-refractivity contribution in [1.29, 1.82) is 0 Å². The Kier molecular flexibility index (Phi) is 6.32. The highest BCUT2D eigenvalue weighted by Crippen LogP contribution is 2.36. The summed E-state index contributed by atoms with van der Waals surface area (Å²) in [5.74, 6) is -1.28. The van der Waals surface area contributed by atoms with E-state index in [1.165, 1.54) is 12.1 Å². The molecular weight excluding hydrogens is 382 g/mol. The van der Waals surface area contributed by atoms with Gasteiger partial charge in [0.15, 0.2) is 17.3 Å². The summed E-state index contributed by atoms with van der Waals surface area (Å²) in [6.07, 6.45) is 2.12. The Morgan fingerprint density at radius 3 is 2.21 bits per heavy atom. The molecule has 0 fully saturated rings. The summed E-state index contributed by atoms with van der Waals surface area (Å²) in [6.45, 7) is -3.21. The normalized spacial score (nSPS) is 10.9. The van der Waals surface area contributed by atoms with Gasteiger partial charge < -0.3 is 9.47 Å². The van der Waals surface area contributed by atoms with Crippen LogP contribution in [0, 0.1) is 20.2 Å². The molecule has 28 heavy (non-hydrogen) atoms. The molecule has 0 aliphatic rings. The van der Waals surface area contributed by atoms with E-state index in [-0.39, 0.29) is 22.6 Å². The zero-order valence-corrected chi connectivity index (χ0v) is 14.2. The first-order chi connectivity index (χ1) is 13.2. The average Bonchev–Trinajstić information content (AvgIpc) is 2.65. The molecule has 0 aromatic heterocycles. The van der Waals surface area contributed by atoms with Crippen LogP contribution < -0.4 is 9.47 Å². The number of carbonyl (C=O) groups excluding carboxylic acids is 1. The number of hydrogen-bond donors (Lipinski definition) is 0. The van der Waals surface area contributed by atoms with Gasteiger partial charge in [0.05, 0.1) is 28.6 Å². The largest absolute Gasteiger partial charge is 0.493 e. The third kappa shape index (κ3) is 4.84. The van der Waals surface area contributed by atoms with E-state index in [2.05, 4.69) is 4.74 Å². The van der Waals surface area contributed by atoms with Crippen molar-refractivity contribution in [3.8, 4) is 11.5 Å². The maximum Gasteiger partial charge on any atom is 0.387 e. The van der Waals surface area contributed by atoms with E-state index in [4.69, 9.17) is 4.74 Å². The Labute approximate surface area is 156 Å². The van der Waals surface area contributed by atoms with Crippen LogP contribution in [-0.4, -0.2) is 29.4 Å². The lowest BCUT2D eigenvalue weighted by Gasteiger charge is -2.10. The van der Waals surface area contributed by atoms with Crippen LogP contribution in [0.5, 0.6) is 11.5 Å². The molecule has 9 nitrogen and oxygen atoms in total. The van der Waals surface area contributed by atoms with E-state index >= 15 is 0 Å². The molecule has 2 aromatic carbocycles. The van der Waals surface area contributed by atoms with Gasteiger partial charge in [-0.1, -0.05) is 0 Å². The summed E-state index contributed by atoms with van der Waals surface area (Å²) in [5, 5.41) is 21.8. The molecule has 0 saturated carbocycles. The van der Waals surface area contributed by atoms with Gasteiger partial charge in [0.1, 0.15) is 0 Å². The SMILES string of the molecule is COc1cc(/C=C/C(=O)c2ccc([N+](=O)[O-])cc2)c([N+](=O)[O-])cc1OC(F)F. The fraction of sp³-hybridized carbons (Fsp3) is 0.118. The Bertz CT molecular complexity index is 943. The number of halogens is 2. The lowest BCUT2D eigenvalue weighted by Crippen LogP contribution is -2.05. The van der Waals surface area contributed by atoms with E-state index in [9.17, 15) is 33.8 Å². The van der Waals surface area contributed by atoms with Crippen LogP contribution >= 0.6 is 0 Å². The molecule has 0 radical (unpaired) electrons. The van der Waals surface area contributed by atoms with Crippen molar-refractivity contribution in [3.63, 3.8) is 0 Å². The second kappa shape index (κ2) is 8.66. The smallest absolute Gasteiger partial charge is 0.387 e. The highest BCUT2D eigenvalue weighted by molar-refractivity contribution is 6.07. The first-order valence-electron chi connectivity index (χ1n) is 7.51. The van der Waals surface area contributed by atoms with Gasteiger partial charge in [-0.15, -0.1) is 0 Å². The van der Waals surface area contributed by atoms with E-state index in [0.717, 1.165) is 43.5 Å². The first-order valence-corrected chi connectivity index (χ1v) is 7.51. The van der Waals surface area contributed by atoms with Crippen molar-refractivity contribution in [2.24, 2.45) is 0 Å². The molecule has 146 valence electrons. The number of carbonyl (C=O) groups is 1. The predicted octanol–water partition coefficient (Wildman–Crippen LogP) is 4.01. The molecular formula is C17H12F2N2O7. The minimum atomic E-state index is -3.21. The number of nitrogens with zero attached hydrogens (tertiary/aromatic N) is 2. The molecule has 0 atom stereocenters. The number of allylic oxidation sites excluding steroid dienone is 1. The number of hydrogen-bond acceptors (Lipinski definition) is 7. The molecule has 0 bridgehead atoms. The fourth-order valence-electron chi connectivity index (χ4n) is 2.21. The van der Waals surface area contributed by atoms with Gasteiger partial charge in [0.2, 0.25) is 0 Å². The third-order valence-electron chi connectivity index (χ3n) is 3.50. The molecule has 0 amide bonds. The number of ketones is 1. The second-order valence-corrected chi connectivity index (χ2v) is 5.20. The summed E-state index contributed by atoms with van der Waals surface area (Å²) < 4.78 is 34.0. The summed E-state index contributed by atoms with van der Waals surface area (Å²) in [5.41, 5.74) is -0.743. The molecule has 0 spiro atoms. The van der Waals surface area contributed by atoms with E-state index < -0.39 is 33.7 Å². The Morgan fingerprint density at radius 1 is 1.07 bits per heavy atom. The number of benzene rings is 2. The number of nitro groups is 2. The summed E-state index contributed by atoms with van der Waals surface area (Å²) in [7, 11) is 1.16. The van der Waals surface area contributed by atoms with Gasteiger partial charge in [-0.2, -0.15) is 8.78 Å². The van der Waals surface area contributed by atoms with Gasteiger partial charge in [0.25, 0.3) is 11.4 Å². The molecule has 0 aliphatic carbocycles. The Hall–Kier alpha value is -3.89. The van der Waals surface area contributed by atoms with Crippen LogP contribution in [-0.2, 0) is 0 Å². The minimum absolute atomic E-state index is 0.0845. The van der Waals surface area contributed by atoms with Crippen molar-refractivity contribution in [1.82, 2.24) is 0 Å². The van der Waals surface area contributed by atoms with E-state index in [1.54, 1.807) is 0 Å². The minimum Gasteiger partial charge on any atom is -0.493 e. The van der Waals surface area contributed by atoms with Crippen LogP contribution in [0.3, 0.4) is 0 Å². The fourth-order valence-corrected chi connectivity index (χ4v) is 2.21. The average molecular weight is 394 g/mol. The molecule has 11 heteroatoms. The Balaban J connectivity index is 2.36. The molecule has 0 aliphatic heterocycles. The number of nitro benzene ring substituents is 2. The Morgan fingerprint density at radius 2 is 1.71 bits per heavy atom. The summed E-state index contributed by atoms with van der Waals surface area (Å²) >= 11 is 0. The van der Waals surface area contributed by atoms with Gasteiger partial charge in [-0.25, -0.2) is 0 Å². The maximum absolute atomic E-state index is 12.4. The number of methoxy groups -OCH3 is 1. The highest BCUT2D eigenvalue weighted by Gasteiger charge is 2.20. The van der Waals surface area contributed by atoms with E-state index in [1.807, 2.05) is 0 Å². The van der Waals surface area contributed by atoms with E-state index in [0.29, 0.717) is 0 Å².